The van der Waals surface area contributed by atoms with Crippen molar-refractivity contribution < 1.29 is 9.90 Å². The molecule has 2 aromatic rings. The largest absolute Gasteiger partial charge is 0.506 e. The Bertz CT molecular complexity index is 900. The van der Waals surface area contributed by atoms with E-state index in [0.29, 0.717) is 26.3 Å². The Kier molecular flexibility index (Phi) is 5.73. The number of aliphatic imine (C=N–C) groups is 1. The molecule has 4 nitrogen and oxygen atoms in total. The highest BCUT2D eigenvalue weighted by Gasteiger charge is 2.24. The minimum atomic E-state index is -0.251. The van der Waals surface area contributed by atoms with Crippen LogP contribution in [0.25, 0.3) is 6.08 Å². The first-order valence-electron chi connectivity index (χ1n) is 6.66. The van der Waals surface area contributed by atoms with Crippen LogP contribution in [0.2, 0.25) is 5.02 Å². The van der Waals surface area contributed by atoms with E-state index in [1.807, 2.05) is 24.3 Å². The van der Waals surface area contributed by atoms with Crippen LogP contribution >= 0.6 is 68.5 Å². The quantitative estimate of drug-likeness (QED) is 0.381. The number of carbonyl (C=O) groups excluding carboxylic acids is 1. The molecule has 1 aliphatic rings. The second kappa shape index (κ2) is 7.63. The lowest BCUT2D eigenvalue weighted by Gasteiger charge is -2.03. The minimum Gasteiger partial charge on any atom is -0.506 e. The molecule has 0 unspecified atom stereocenters. The van der Waals surface area contributed by atoms with Crippen LogP contribution in [-0.2, 0) is 4.79 Å². The summed E-state index contributed by atoms with van der Waals surface area (Å²) in [5.74, 6) is -0.0903. The molecular formula is C16H9ClI2N2O2S. The number of hydrogen-bond acceptors (Lipinski definition) is 4. The maximum Gasteiger partial charge on any atom is 0.264 e. The zero-order valence-electron chi connectivity index (χ0n) is 11.9. The maximum atomic E-state index is 12.1. The molecule has 122 valence electrons. The SMILES string of the molecule is O=C1NC(=Nc2ccccc2Cl)S/C1=C/c1cc(I)cc(I)c1O. The van der Waals surface area contributed by atoms with E-state index in [1.165, 1.54) is 11.8 Å². The first-order valence-corrected chi connectivity index (χ1v) is 10.0. The average molecular weight is 583 g/mol. The van der Waals surface area contributed by atoms with Crippen LogP contribution < -0.4 is 5.32 Å². The Hall–Kier alpha value is -0.780. The van der Waals surface area contributed by atoms with Gasteiger partial charge in [0.25, 0.3) is 5.91 Å². The number of benzene rings is 2. The van der Waals surface area contributed by atoms with E-state index < -0.39 is 0 Å². The van der Waals surface area contributed by atoms with E-state index in [4.69, 9.17) is 11.6 Å². The Labute approximate surface area is 175 Å². The van der Waals surface area contributed by atoms with Gasteiger partial charge in [0.15, 0.2) is 5.17 Å². The van der Waals surface area contributed by atoms with Gasteiger partial charge in [-0.2, -0.15) is 0 Å². The number of hydrogen-bond donors (Lipinski definition) is 2. The lowest BCUT2D eigenvalue weighted by atomic mass is 10.2. The van der Waals surface area contributed by atoms with Crippen molar-refractivity contribution in [3.8, 4) is 5.75 Å². The smallest absolute Gasteiger partial charge is 0.264 e. The number of carbonyl (C=O) groups is 1. The summed E-state index contributed by atoms with van der Waals surface area (Å²) in [6.07, 6.45) is 1.66. The third-order valence-corrected chi connectivity index (χ3v) is 5.74. The van der Waals surface area contributed by atoms with Crippen molar-refractivity contribution in [3.63, 3.8) is 0 Å². The molecule has 2 aromatic carbocycles. The Balaban J connectivity index is 1.92. The van der Waals surface area contributed by atoms with Crippen LogP contribution in [0.4, 0.5) is 5.69 Å². The molecule has 0 aromatic heterocycles. The molecule has 2 N–H and O–H groups in total. The highest BCUT2D eigenvalue weighted by atomic mass is 127. The van der Waals surface area contributed by atoms with Crippen molar-refractivity contribution >= 4 is 91.4 Å². The molecule has 1 saturated heterocycles. The molecule has 1 amide bonds. The number of phenolic OH excluding ortho intramolecular Hbond substituents is 1. The van der Waals surface area contributed by atoms with Crippen LogP contribution in [0.1, 0.15) is 5.56 Å². The third-order valence-electron chi connectivity index (χ3n) is 3.07. The number of thioether (sulfide) groups is 1. The van der Waals surface area contributed by atoms with Crippen molar-refractivity contribution in [1.82, 2.24) is 5.32 Å². The summed E-state index contributed by atoms with van der Waals surface area (Å²) >= 11 is 11.5. The Morgan fingerprint density at radius 2 is 2.00 bits per heavy atom. The molecule has 8 heteroatoms. The number of nitrogens with one attached hydrogen (secondary N) is 1. The molecule has 3 rings (SSSR count). The topological polar surface area (TPSA) is 61.7 Å². The summed E-state index contributed by atoms with van der Waals surface area (Å²) < 4.78 is 1.72. The monoisotopic (exact) mass is 582 g/mol. The molecule has 0 atom stereocenters. The molecule has 1 fully saturated rings. The van der Waals surface area contributed by atoms with Gasteiger partial charge in [-0.1, -0.05) is 23.7 Å². The number of rotatable bonds is 2. The predicted molar refractivity (Wildman–Crippen MR) is 116 cm³/mol. The predicted octanol–water partition coefficient (Wildman–Crippen LogP) is 5.15. The molecule has 0 radical (unpaired) electrons. The van der Waals surface area contributed by atoms with Gasteiger partial charge in [0.2, 0.25) is 0 Å². The van der Waals surface area contributed by atoms with Crippen LogP contribution in [0.3, 0.4) is 0 Å². The van der Waals surface area contributed by atoms with Crippen LogP contribution in [0.15, 0.2) is 46.3 Å². The number of aromatic hydroxyl groups is 1. The van der Waals surface area contributed by atoms with E-state index in [0.717, 1.165) is 7.14 Å². The van der Waals surface area contributed by atoms with E-state index in [1.54, 1.807) is 18.2 Å². The summed E-state index contributed by atoms with van der Waals surface area (Å²) in [6, 6.07) is 10.9. The van der Waals surface area contributed by atoms with Gasteiger partial charge in [-0.3, -0.25) is 4.79 Å². The Morgan fingerprint density at radius 1 is 1.25 bits per heavy atom. The molecular weight excluding hydrogens is 574 g/mol. The molecule has 0 aliphatic carbocycles. The van der Waals surface area contributed by atoms with Crippen molar-refractivity contribution in [3.05, 3.63) is 59.0 Å². The molecule has 0 bridgehead atoms. The molecule has 0 saturated carbocycles. The van der Waals surface area contributed by atoms with E-state index in [2.05, 4.69) is 55.5 Å². The molecule has 24 heavy (non-hydrogen) atoms. The number of amidine groups is 1. The van der Waals surface area contributed by atoms with Gasteiger partial charge in [0, 0.05) is 9.13 Å². The molecule has 1 heterocycles. The first kappa shape index (κ1) is 18.0. The number of amides is 1. The van der Waals surface area contributed by atoms with Crippen LogP contribution in [0, 0.1) is 7.14 Å². The maximum absolute atomic E-state index is 12.1. The van der Waals surface area contributed by atoms with E-state index in [-0.39, 0.29) is 11.7 Å². The lowest BCUT2D eigenvalue weighted by molar-refractivity contribution is -0.115. The van der Waals surface area contributed by atoms with E-state index >= 15 is 0 Å². The summed E-state index contributed by atoms with van der Waals surface area (Å²) in [6.45, 7) is 0. The highest BCUT2D eigenvalue weighted by Crippen LogP contribution is 2.34. The second-order valence-electron chi connectivity index (χ2n) is 4.76. The van der Waals surface area contributed by atoms with Gasteiger partial charge in [-0.25, -0.2) is 4.99 Å². The third kappa shape index (κ3) is 4.06. The standard InChI is InChI=1S/C16H9ClI2N2O2S/c17-10-3-1-2-4-12(10)20-16-21-15(23)13(24-16)6-8-5-9(18)7-11(19)14(8)22/h1-7,22H,(H,20,21,23)/b13-6+. The number of halogens is 3. The second-order valence-corrected chi connectivity index (χ2v) is 8.60. The van der Waals surface area contributed by atoms with Crippen molar-refractivity contribution in [1.29, 1.82) is 0 Å². The normalized spacial score (nSPS) is 17.5. The van der Waals surface area contributed by atoms with Gasteiger partial charge in [0.05, 0.1) is 19.2 Å². The number of phenols is 1. The summed E-state index contributed by atoms with van der Waals surface area (Å²) in [5, 5.41) is 13.8. The van der Waals surface area contributed by atoms with Gasteiger partial charge in [0.1, 0.15) is 5.75 Å². The number of nitrogens with zero attached hydrogens (tertiary/aromatic N) is 1. The Morgan fingerprint density at radius 3 is 2.75 bits per heavy atom. The minimum absolute atomic E-state index is 0.161. The summed E-state index contributed by atoms with van der Waals surface area (Å²) in [5.41, 5.74) is 1.19. The van der Waals surface area contributed by atoms with Crippen molar-refractivity contribution in [2.24, 2.45) is 4.99 Å². The van der Waals surface area contributed by atoms with Gasteiger partial charge < -0.3 is 10.4 Å². The molecule has 1 aliphatic heterocycles. The fourth-order valence-corrected chi connectivity index (χ4v) is 4.86. The first-order chi connectivity index (χ1) is 11.4. The van der Waals surface area contributed by atoms with Crippen molar-refractivity contribution in [2.75, 3.05) is 0 Å². The fraction of sp³-hybridized carbons (Fsp3) is 0. The van der Waals surface area contributed by atoms with Gasteiger partial charge >= 0.3 is 0 Å². The average Bonchev–Trinajstić information content (AvgIpc) is 2.86. The summed E-state index contributed by atoms with van der Waals surface area (Å²) in [7, 11) is 0. The van der Waals surface area contributed by atoms with Gasteiger partial charge in [-0.15, -0.1) is 0 Å². The lowest BCUT2D eigenvalue weighted by Crippen LogP contribution is -2.19. The zero-order valence-corrected chi connectivity index (χ0v) is 17.8. The van der Waals surface area contributed by atoms with Crippen molar-refractivity contribution in [2.45, 2.75) is 0 Å². The summed E-state index contributed by atoms with van der Waals surface area (Å²) in [4.78, 5) is 17.0. The number of para-hydroxylation sites is 1. The van der Waals surface area contributed by atoms with Crippen LogP contribution in [-0.4, -0.2) is 16.2 Å². The highest BCUT2D eigenvalue weighted by molar-refractivity contribution is 14.1. The van der Waals surface area contributed by atoms with Gasteiger partial charge in [-0.05, 0) is 87.3 Å². The van der Waals surface area contributed by atoms with E-state index in [9.17, 15) is 9.90 Å². The fourth-order valence-electron chi connectivity index (χ4n) is 1.97. The van der Waals surface area contributed by atoms with Crippen LogP contribution in [0.5, 0.6) is 5.75 Å². The zero-order chi connectivity index (χ0) is 17.3. The molecule has 0 spiro atoms.